The van der Waals surface area contributed by atoms with E-state index in [1.807, 2.05) is 6.07 Å². The fourth-order valence-corrected chi connectivity index (χ4v) is 2.23. The van der Waals surface area contributed by atoms with Gasteiger partial charge in [0.1, 0.15) is 6.20 Å². The summed E-state index contributed by atoms with van der Waals surface area (Å²) < 4.78 is 0. The number of aromatic nitrogens is 1. The van der Waals surface area contributed by atoms with Gasteiger partial charge in [-0.15, -0.1) is 0 Å². The van der Waals surface area contributed by atoms with Gasteiger partial charge in [0, 0.05) is 11.6 Å². The van der Waals surface area contributed by atoms with Gasteiger partial charge in [-0.1, -0.05) is 23.7 Å². The summed E-state index contributed by atoms with van der Waals surface area (Å²) in [5.41, 5.74) is 0.855. The molecule has 9 heteroatoms. The number of nitrogens with zero attached hydrogens (tertiary/aromatic N) is 2. The van der Waals surface area contributed by atoms with Gasteiger partial charge in [-0.2, -0.15) is 0 Å². The van der Waals surface area contributed by atoms with Crippen LogP contribution in [-0.4, -0.2) is 21.1 Å². The van der Waals surface area contributed by atoms with Crippen molar-refractivity contribution in [1.82, 2.24) is 10.3 Å². The molecule has 104 valence electrons. The molecule has 2 rings (SSSR count). The summed E-state index contributed by atoms with van der Waals surface area (Å²) >= 11 is 6.68. The number of thiazole rings is 1. The van der Waals surface area contributed by atoms with Crippen molar-refractivity contribution < 1.29 is 14.9 Å². The number of hydrogen-bond acceptors (Lipinski definition) is 4. The van der Waals surface area contributed by atoms with E-state index >= 15 is 0 Å². The molecule has 0 bridgehead atoms. The fraction of sp³-hybridized carbons (Fsp3) is 0.0909. The van der Waals surface area contributed by atoms with Crippen molar-refractivity contribution in [2.75, 3.05) is 5.32 Å². The lowest BCUT2D eigenvalue weighted by molar-refractivity contribution is -0.727. The van der Waals surface area contributed by atoms with Crippen molar-refractivity contribution >= 4 is 39.1 Å². The van der Waals surface area contributed by atoms with Crippen LogP contribution in [0.5, 0.6) is 0 Å². The molecular weight excluding hydrogens is 304 g/mol. The first-order valence-electron chi connectivity index (χ1n) is 5.46. The normalized spacial score (nSPS) is 10.1. The molecule has 0 spiro atoms. The van der Waals surface area contributed by atoms with Crippen molar-refractivity contribution in [2.24, 2.45) is 0 Å². The first kappa shape index (κ1) is 14.2. The van der Waals surface area contributed by atoms with Crippen LogP contribution in [0.2, 0.25) is 5.02 Å². The molecule has 7 nitrogen and oxygen atoms in total. The molecule has 1 aromatic carbocycles. The number of hydrogen-bond donors (Lipinski definition) is 3. The Morgan fingerprint density at radius 2 is 2.30 bits per heavy atom. The molecule has 0 saturated carbocycles. The molecule has 0 aliphatic rings. The number of carbonyl (C=O) groups excluding carboxylic acids is 1. The van der Waals surface area contributed by atoms with Gasteiger partial charge in [-0.3, -0.25) is 5.32 Å². The maximum atomic E-state index is 11.6. The van der Waals surface area contributed by atoms with Gasteiger partial charge < -0.3 is 5.32 Å². The Labute approximate surface area is 122 Å². The topological polar surface area (TPSA) is 94.3 Å². The van der Waals surface area contributed by atoms with E-state index < -0.39 is 6.03 Å². The zero-order valence-electron chi connectivity index (χ0n) is 10.0. The molecule has 0 aliphatic heterocycles. The summed E-state index contributed by atoms with van der Waals surface area (Å²) in [6.07, 6.45) is 1.16. The lowest BCUT2D eigenvalue weighted by Crippen LogP contribution is -2.28. The van der Waals surface area contributed by atoms with Gasteiger partial charge in [0.2, 0.25) is 0 Å². The van der Waals surface area contributed by atoms with Crippen LogP contribution in [-0.2, 0) is 6.54 Å². The second-order valence-electron chi connectivity index (χ2n) is 3.71. The molecule has 20 heavy (non-hydrogen) atoms. The average molecular weight is 314 g/mol. The van der Waals surface area contributed by atoms with E-state index in [4.69, 9.17) is 16.8 Å². The quantitative estimate of drug-likeness (QED) is 0.756. The summed E-state index contributed by atoms with van der Waals surface area (Å²) in [6.45, 7) is 0.304. The minimum Gasteiger partial charge on any atom is -0.334 e. The van der Waals surface area contributed by atoms with Gasteiger partial charge in [0.25, 0.3) is 4.92 Å². The van der Waals surface area contributed by atoms with Gasteiger partial charge in [0.15, 0.2) is 5.13 Å². The van der Waals surface area contributed by atoms with E-state index in [9.17, 15) is 9.70 Å². The molecule has 0 radical (unpaired) electrons. The van der Waals surface area contributed by atoms with E-state index in [0.717, 1.165) is 23.1 Å². The van der Waals surface area contributed by atoms with E-state index in [-0.39, 0.29) is 15.1 Å². The smallest absolute Gasteiger partial charge is 0.334 e. The highest BCUT2D eigenvalue weighted by molar-refractivity contribution is 7.18. The molecule has 3 N–H and O–H groups in total. The Hall–Kier alpha value is -2.19. The van der Waals surface area contributed by atoms with Gasteiger partial charge in [-0.05, 0) is 29.0 Å². The van der Waals surface area contributed by atoms with E-state index in [1.54, 1.807) is 18.2 Å². The third kappa shape index (κ3) is 3.90. The second kappa shape index (κ2) is 6.31. The van der Waals surface area contributed by atoms with Crippen LogP contribution in [0, 0.1) is 4.91 Å². The number of halogens is 1. The summed E-state index contributed by atoms with van der Waals surface area (Å²) in [5, 5.41) is 14.5. The van der Waals surface area contributed by atoms with E-state index in [0.29, 0.717) is 11.6 Å². The number of urea groups is 1. The van der Waals surface area contributed by atoms with Crippen LogP contribution in [0.4, 0.5) is 14.9 Å². The Kier molecular flexibility index (Phi) is 4.49. The van der Waals surface area contributed by atoms with Crippen LogP contribution < -0.4 is 10.6 Å². The molecule has 0 fully saturated rings. The van der Waals surface area contributed by atoms with Crippen molar-refractivity contribution in [2.45, 2.75) is 6.54 Å². The highest BCUT2D eigenvalue weighted by Gasteiger charge is 2.17. The highest BCUT2D eigenvalue weighted by Crippen LogP contribution is 2.24. The SMILES string of the molecule is O=C(NCc1cccc(Cl)c1)Nc1ncc([N+](=O)O)s1. The summed E-state index contributed by atoms with van der Waals surface area (Å²) in [5.74, 6) is 0. The zero-order chi connectivity index (χ0) is 14.5. The lowest BCUT2D eigenvalue weighted by Gasteiger charge is -2.05. The molecule has 1 aromatic heterocycles. The number of amides is 2. The second-order valence-corrected chi connectivity index (χ2v) is 5.16. The number of rotatable bonds is 4. The summed E-state index contributed by atoms with van der Waals surface area (Å²) in [4.78, 5) is 25.7. The predicted molar refractivity (Wildman–Crippen MR) is 74.5 cm³/mol. The minimum atomic E-state index is -0.471. The molecular formula is C11H10ClN4O3S+. The largest absolute Gasteiger partial charge is 0.392 e. The Balaban J connectivity index is 1.87. The van der Waals surface area contributed by atoms with E-state index in [1.165, 1.54) is 0 Å². The first-order chi connectivity index (χ1) is 9.54. The fourth-order valence-electron chi connectivity index (χ4n) is 1.38. The van der Waals surface area contributed by atoms with Crippen LogP contribution in [0.1, 0.15) is 5.56 Å². The van der Waals surface area contributed by atoms with Crippen LogP contribution >= 0.6 is 22.9 Å². The number of nitrogens with one attached hydrogen (secondary N) is 2. The first-order valence-corrected chi connectivity index (χ1v) is 6.65. The average Bonchev–Trinajstić information content (AvgIpc) is 2.85. The molecule has 0 unspecified atom stereocenters. The number of benzene rings is 1. The van der Waals surface area contributed by atoms with Gasteiger partial charge in [-0.25, -0.2) is 15.0 Å². The van der Waals surface area contributed by atoms with Crippen LogP contribution in [0.3, 0.4) is 0 Å². The summed E-state index contributed by atoms with van der Waals surface area (Å²) in [7, 11) is 0. The van der Waals surface area contributed by atoms with Crippen LogP contribution in [0.25, 0.3) is 0 Å². The standard InChI is InChI=1S/C11H9ClN4O3S/c12-8-3-1-2-7(4-8)5-13-10(17)15-11-14-6-9(20-11)16(18)19/h1-4,6H,5H2,(H2-,13,14,15,17,18,19)/p+1. The predicted octanol–water partition coefficient (Wildman–Crippen LogP) is 2.92. The van der Waals surface area contributed by atoms with Gasteiger partial charge in [0.05, 0.1) is 4.91 Å². The van der Waals surface area contributed by atoms with Gasteiger partial charge >= 0.3 is 11.0 Å². The van der Waals surface area contributed by atoms with Crippen molar-refractivity contribution in [3.63, 3.8) is 0 Å². The Morgan fingerprint density at radius 3 is 2.95 bits per heavy atom. The lowest BCUT2D eigenvalue weighted by atomic mass is 10.2. The molecule has 0 atom stereocenters. The number of carbonyl (C=O) groups is 1. The van der Waals surface area contributed by atoms with Crippen LogP contribution in [0.15, 0.2) is 30.5 Å². The molecule has 0 aliphatic carbocycles. The summed E-state index contributed by atoms with van der Waals surface area (Å²) in [6, 6.07) is 6.63. The Morgan fingerprint density at radius 1 is 1.50 bits per heavy atom. The van der Waals surface area contributed by atoms with Crippen molar-refractivity contribution in [3.8, 4) is 0 Å². The Bertz CT molecular complexity index is 646. The molecule has 1 heterocycles. The maximum Gasteiger partial charge on any atom is 0.392 e. The molecule has 0 saturated heterocycles. The third-order valence-corrected chi connectivity index (χ3v) is 3.35. The minimum absolute atomic E-state index is 0.0184. The maximum absolute atomic E-state index is 11.6. The molecule has 2 amide bonds. The molecule has 2 aromatic rings. The highest BCUT2D eigenvalue weighted by atomic mass is 35.5. The van der Waals surface area contributed by atoms with Crippen molar-refractivity contribution in [3.05, 3.63) is 46.0 Å². The monoisotopic (exact) mass is 313 g/mol. The third-order valence-electron chi connectivity index (χ3n) is 2.24. The van der Waals surface area contributed by atoms with E-state index in [2.05, 4.69) is 15.6 Å². The number of anilines is 1. The zero-order valence-corrected chi connectivity index (χ0v) is 11.6. The van der Waals surface area contributed by atoms with Crippen molar-refractivity contribution in [1.29, 1.82) is 0 Å².